The van der Waals surface area contributed by atoms with Gasteiger partial charge in [0.1, 0.15) is 0 Å². The van der Waals surface area contributed by atoms with Crippen LogP contribution in [0.25, 0.3) is 0 Å². The van der Waals surface area contributed by atoms with E-state index in [0.717, 1.165) is 30.4 Å². The van der Waals surface area contributed by atoms with Gasteiger partial charge in [0, 0.05) is 13.1 Å². The van der Waals surface area contributed by atoms with Gasteiger partial charge in [0.25, 0.3) is 0 Å². The van der Waals surface area contributed by atoms with Gasteiger partial charge in [0.05, 0.1) is 18.2 Å². The second-order valence-electron chi connectivity index (χ2n) is 6.29. The Labute approximate surface area is 139 Å². The molecule has 2 unspecified atom stereocenters. The average molecular weight is 338 g/mol. The number of nitrogens with one attached hydrogen (secondary N) is 1. The fourth-order valence-electron chi connectivity index (χ4n) is 3.12. The Morgan fingerprint density at radius 2 is 2.09 bits per heavy atom. The number of hydrogen-bond acceptors (Lipinski definition) is 3. The minimum Gasteiger partial charge on any atom is -0.349 e. The minimum absolute atomic E-state index is 0.0303. The van der Waals surface area contributed by atoms with Crippen molar-refractivity contribution in [3.05, 3.63) is 35.4 Å². The van der Waals surface area contributed by atoms with Gasteiger partial charge < -0.3 is 5.32 Å². The van der Waals surface area contributed by atoms with Crippen molar-refractivity contribution in [2.24, 2.45) is 5.92 Å². The number of carbonyl (C=O) groups excluding carboxylic acids is 1. The maximum atomic E-state index is 12.6. The first-order valence-electron chi connectivity index (χ1n) is 8.14. The molecule has 5 nitrogen and oxygen atoms in total. The van der Waals surface area contributed by atoms with Crippen LogP contribution in [-0.4, -0.2) is 38.0 Å². The Kier molecular flexibility index (Phi) is 5.81. The van der Waals surface area contributed by atoms with Gasteiger partial charge in [-0.05, 0) is 37.3 Å². The predicted molar refractivity (Wildman–Crippen MR) is 91.5 cm³/mol. The number of amides is 1. The number of nitrogens with zero attached hydrogens (tertiary/aromatic N) is 1. The maximum absolute atomic E-state index is 12.6. The molecule has 0 radical (unpaired) electrons. The number of hydrogen-bond donors (Lipinski definition) is 1. The highest BCUT2D eigenvalue weighted by atomic mass is 32.2. The van der Waals surface area contributed by atoms with E-state index >= 15 is 0 Å². The summed E-state index contributed by atoms with van der Waals surface area (Å²) in [6.45, 7) is 4.88. The van der Waals surface area contributed by atoms with Gasteiger partial charge in [-0.15, -0.1) is 0 Å². The quantitative estimate of drug-likeness (QED) is 0.895. The van der Waals surface area contributed by atoms with E-state index in [2.05, 4.69) is 5.32 Å². The van der Waals surface area contributed by atoms with Gasteiger partial charge in [-0.3, -0.25) is 4.79 Å². The van der Waals surface area contributed by atoms with Gasteiger partial charge in [0.2, 0.25) is 15.9 Å². The molecule has 1 aliphatic heterocycles. The molecule has 1 N–H and O–H groups in total. The van der Waals surface area contributed by atoms with Gasteiger partial charge in [-0.25, -0.2) is 12.7 Å². The topological polar surface area (TPSA) is 66.5 Å². The highest BCUT2D eigenvalue weighted by Gasteiger charge is 2.31. The summed E-state index contributed by atoms with van der Waals surface area (Å²) in [6, 6.07) is 8.00. The van der Waals surface area contributed by atoms with Crippen molar-refractivity contribution >= 4 is 15.9 Å². The van der Waals surface area contributed by atoms with E-state index in [0.29, 0.717) is 6.54 Å². The molecule has 1 saturated heterocycles. The molecule has 1 fully saturated rings. The number of benzene rings is 1. The summed E-state index contributed by atoms with van der Waals surface area (Å²) in [5.74, 6) is -0.315. The van der Waals surface area contributed by atoms with Crippen molar-refractivity contribution < 1.29 is 13.2 Å². The fourth-order valence-corrected chi connectivity index (χ4v) is 4.04. The van der Waals surface area contributed by atoms with E-state index in [-0.39, 0.29) is 24.4 Å². The predicted octanol–water partition coefficient (Wildman–Crippen LogP) is 2.23. The zero-order chi connectivity index (χ0) is 17.0. The van der Waals surface area contributed by atoms with Crippen LogP contribution < -0.4 is 5.32 Å². The second kappa shape index (κ2) is 7.45. The first-order chi connectivity index (χ1) is 10.8. The third-order valence-electron chi connectivity index (χ3n) is 4.51. The van der Waals surface area contributed by atoms with E-state index < -0.39 is 10.0 Å². The summed E-state index contributed by atoms with van der Waals surface area (Å²) >= 11 is 0. The van der Waals surface area contributed by atoms with E-state index in [9.17, 15) is 13.2 Å². The summed E-state index contributed by atoms with van der Waals surface area (Å²) in [5.41, 5.74) is 2.28. The molecule has 1 amide bonds. The molecule has 128 valence electrons. The number of sulfonamides is 1. The Morgan fingerprint density at radius 3 is 2.70 bits per heavy atom. The van der Waals surface area contributed by atoms with Crippen LogP contribution in [0.4, 0.5) is 0 Å². The van der Waals surface area contributed by atoms with Crippen LogP contribution >= 0.6 is 0 Å². The second-order valence-corrected chi connectivity index (χ2v) is 8.27. The van der Waals surface area contributed by atoms with Gasteiger partial charge in [-0.2, -0.15) is 0 Å². The third kappa shape index (κ3) is 4.54. The van der Waals surface area contributed by atoms with Crippen LogP contribution in [0.15, 0.2) is 24.3 Å². The summed E-state index contributed by atoms with van der Waals surface area (Å²) in [7, 11) is -3.23. The maximum Gasteiger partial charge on any atom is 0.224 e. The van der Waals surface area contributed by atoms with Gasteiger partial charge >= 0.3 is 0 Å². The van der Waals surface area contributed by atoms with Crippen molar-refractivity contribution in [3.8, 4) is 0 Å². The Morgan fingerprint density at radius 1 is 1.39 bits per heavy atom. The molecule has 0 aromatic heterocycles. The van der Waals surface area contributed by atoms with E-state index in [1.54, 1.807) is 0 Å². The normalized spacial score (nSPS) is 20.9. The highest BCUT2D eigenvalue weighted by Crippen LogP contribution is 2.23. The van der Waals surface area contributed by atoms with Crippen molar-refractivity contribution in [2.75, 3.05) is 19.3 Å². The van der Waals surface area contributed by atoms with Crippen molar-refractivity contribution in [2.45, 2.75) is 39.2 Å². The number of piperidine rings is 1. The molecule has 2 rings (SSSR count). The fraction of sp³-hybridized carbons (Fsp3) is 0.588. The lowest BCUT2D eigenvalue weighted by Crippen LogP contribution is -2.45. The van der Waals surface area contributed by atoms with Crippen LogP contribution in [0.5, 0.6) is 0 Å². The third-order valence-corrected chi connectivity index (χ3v) is 5.78. The molecule has 0 bridgehead atoms. The smallest absolute Gasteiger partial charge is 0.224 e. The molecule has 0 aliphatic carbocycles. The van der Waals surface area contributed by atoms with Crippen LogP contribution in [0.1, 0.15) is 43.4 Å². The van der Waals surface area contributed by atoms with Crippen LogP contribution in [0.2, 0.25) is 0 Å². The highest BCUT2D eigenvalue weighted by molar-refractivity contribution is 7.88. The van der Waals surface area contributed by atoms with E-state index in [4.69, 9.17) is 0 Å². The van der Waals surface area contributed by atoms with Crippen molar-refractivity contribution in [1.29, 1.82) is 0 Å². The number of rotatable bonds is 5. The zero-order valence-corrected chi connectivity index (χ0v) is 14.9. The van der Waals surface area contributed by atoms with Crippen molar-refractivity contribution in [1.82, 2.24) is 9.62 Å². The number of carbonyl (C=O) groups is 1. The average Bonchev–Trinajstić information content (AvgIpc) is 2.52. The van der Waals surface area contributed by atoms with Gasteiger partial charge in [0.15, 0.2) is 0 Å². The summed E-state index contributed by atoms with van der Waals surface area (Å²) in [6.07, 6.45) is 3.48. The monoisotopic (exact) mass is 338 g/mol. The first-order valence-corrected chi connectivity index (χ1v) is 9.98. The SMILES string of the molecule is CCC(NC(=O)C1CCCN(S(C)(=O)=O)C1)c1ccccc1C. The van der Waals surface area contributed by atoms with E-state index in [1.807, 2.05) is 38.1 Å². The van der Waals surface area contributed by atoms with Gasteiger partial charge in [-0.1, -0.05) is 31.2 Å². The molecule has 23 heavy (non-hydrogen) atoms. The standard InChI is InChI=1S/C17H26N2O3S/c1-4-16(15-10-6-5-8-13(15)2)18-17(20)14-9-7-11-19(12-14)23(3,21)22/h5-6,8,10,14,16H,4,7,9,11-12H2,1-3H3,(H,18,20). The minimum atomic E-state index is -3.23. The van der Waals surface area contributed by atoms with Crippen LogP contribution in [-0.2, 0) is 14.8 Å². The molecule has 2 atom stereocenters. The van der Waals surface area contributed by atoms with Crippen LogP contribution in [0.3, 0.4) is 0 Å². The summed E-state index contributed by atoms with van der Waals surface area (Å²) in [5, 5.41) is 3.11. The Hall–Kier alpha value is -1.40. The lowest BCUT2D eigenvalue weighted by Gasteiger charge is -2.31. The largest absolute Gasteiger partial charge is 0.349 e. The summed E-state index contributed by atoms with van der Waals surface area (Å²) in [4.78, 5) is 12.6. The molecule has 1 aromatic carbocycles. The first kappa shape index (κ1) is 17.9. The molecular weight excluding hydrogens is 312 g/mol. The molecular formula is C17H26N2O3S. The molecule has 6 heteroatoms. The molecule has 1 heterocycles. The Balaban J connectivity index is 2.07. The molecule has 0 spiro atoms. The molecule has 1 aliphatic rings. The summed E-state index contributed by atoms with van der Waals surface area (Å²) < 4.78 is 24.8. The molecule has 1 aromatic rings. The zero-order valence-electron chi connectivity index (χ0n) is 14.1. The van der Waals surface area contributed by atoms with Crippen molar-refractivity contribution in [3.63, 3.8) is 0 Å². The lowest BCUT2D eigenvalue weighted by molar-refractivity contribution is -0.126. The number of aryl methyl sites for hydroxylation is 1. The Bertz CT molecular complexity index is 658. The molecule has 0 saturated carbocycles. The van der Waals surface area contributed by atoms with E-state index in [1.165, 1.54) is 10.6 Å². The lowest BCUT2D eigenvalue weighted by atomic mass is 9.95. The van der Waals surface area contributed by atoms with Crippen LogP contribution in [0, 0.1) is 12.8 Å².